The Morgan fingerprint density at radius 2 is 2.42 bits per heavy atom. The summed E-state index contributed by atoms with van der Waals surface area (Å²) < 4.78 is 18.2. The number of morpholine rings is 1. The Kier molecular flexibility index (Phi) is 4.34. The van der Waals surface area contributed by atoms with E-state index in [-0.39, 0.29) is 24.5 Å². The van der Waals surface area contributed by atoms with Crippen LogP contribution in [-0.2, 0) is 4.74 Å². The van der Waals surface area contributed by atoms with Gasteiger partial charge in [-0.15, -0.1) is 0 Å². The van der Waals surface area contributed by atoms with Crippen LogP contribution in [0.1, 0.15) is 5.56 Å². The molecule has 2 amide bonds. The number of nitrogens with one attached hydrogen (secondary N) is 1. The number of nitrogens with zero attached hydrogens (tertiary/aromatic N) is 1. The molecular formula is C13H17FN2O3. The van der Waals surface area contributed by atoms with Crippen LogP contribution in [0, 0.1) is 12.7 Å². The highest BCUT2D eigenvalue weighted by Gasteiger charge is 2.26. The fraction of sp³-hybridized carbons (Fsp3) is 0.462. The highest BCUT2D eigenvalue weighted by molar-refractivity contribution is 5.90. The van der Waals surface area contributed by atoms with Crippen molar-refractivity contribution in [3.8, 4) is 0 Å². The third-order valence-electron chi connectivity index (χ3n) is 3.13. The standard InChI is InChI=1S/C13H17FN2O3/c1-9-6-10(14)2-3-12(9)15-13(18)16-4-5-19-8-11(16)7-17/h2-3,6,11,17H,4-5,7-8H2,1H3,(H,15,18)/t11-/m1/s1. The summed E-state index contributed by atoms with van der Waals surface area (Å²) in [6.07, 6.45) is 0. The molecule has 1 aromatic carbocycles. The van der Waals surface area contributed by atoms with Gasteiger partial charge < -0.3 is 20.1 Å². The van der Waals surface area contributed by atoms with Gasteiger partial charge in [0.05, 0.1) is 25.9 Å². The van der Waals surface area contributed by atoms with Gasteiger partial charge in [0.15, 0.2) is 0 Å². The molecule has 2 N–H and O–H groups in total. The van der Waals surface area contributed by atoms with E-state index < -0.39 is 0 Å². The number of ether oxygens (including phenoxy) is 1. The molecule has 1 aromatic rings. The van der Waals surface area contributed by atoms with E-state index in [1.54, 1.807) is 6.92 Å². The molecule has 0 radical (unpaired) electrons. The van der Waals surface area contributed by atoms with E-state index in [1.807, 2.05) is 0 Å². The highest BCUT2D eigenvalue weighted by Crippen LogP contribution is 2.17. The van der Waals surface area contributed by atoms with E-state index in [0.29, 0.717) is 31.0 Å². The molecule has 1 heterocycles. The minimum absolute atomic E-state index is 0.143. The van der Waals surface area contributed by atoms with Crippen molar-refractivity contribution in [3.05, 3.63) is 29.6 Å². The van der Waals surface area contributed by atoms with Crippen LogP contribution in [0.3, 0.4) is 0 Å². The molecule has 0 aliphatic carbocycles. The van der Waals surface area contributed by atoms with Gasteiger partial charge in [0.25, 0.3) is 0 Å². The van der Waals surface area contributed by atoms with Crippen molar-refractivity contribution in [2.24, 2.45) is 0 Å². The van der Waals surface area contributed by atoms with Gasteiger partial charge in [-0.2, -0.15) is 0 Å². The van der Waals surface area contributed by atoms with Crippen molar-refractivity contribution in [1.29, 1.82) is 0 Å². The normalized spacial score (nSPS) is 19.3. The second-order valence-corrected chi connectivity index (χ2v) is 4.49. The average molecular weight is 268 g/mol. The Balaban J connectivity index is 2.07. The number of carbonyl (C=O) groups is 1. The van der Waals surface area contributed by atoms with Gasteiger partial charge >= 0.3 is 6.03 Å². The number of aliphatic hydroxyl groups is 1. The number of urea groups is 1. The number of aryl methyl sites for hydroxylation is 1. The largest absolute Gasteiger partial charge is 0.394 e. The quantitative estimate of drug-likeness (QED) is 0.851. The third kappa shape index (κ3) is 3.21. The van der Waals surface area contributed by atoms with E-state index in [9.17, 15) is 14.3 Å². The number of carbonyl (C=O) groups excluding carboxylic acids is 1. The van der Waals surface area contributed by atoms with Crippen molar-refractivity contribution in [1.82, 2.24) is 4.90 Å². The maximum Gasteiger partial charge on any atom is 0.322 e. The number of hydrogen-bond donors (Lipinski definition) is 2. The number of rotatable bonds is 2. The second-order valence-electron chi connectivity index (χ2n) is 4.49. The Hall–Kier alpha value is -1.66. The summed E-state index contributed by atoms with van der Waals surface area (Å²) in [6.45, 7) is 2.79. The van der Waals surface area contributed by atoms with Crippen LogP contribution in [-0.4, -0.2) is 48.4 Å². The van der Waals surface area contributed by atoms with Gasteiger partial charge in [-0.1, -0.05) is 0 Å². The number of halogens is 1. The van der Waals surface area contributed by atoms with Crippen molar-refractivity contribution in [2.45, 2.75) is 13.0 Å². The molecule has 19 heavy (non-hydrogen) atoms. The van der Waals surface area contributed by atoms with E-state index in [0.717, 1.165) is 0 Å². The summed E-state index contributed by atoms with van der Waals surface area (Å²) in [5, 5.41) is 11.9. The first-order valence-corrected chi connectivity index (χ1v) is 6.14. The third-order valence-corrected chi connectivity index (χ3v) is 3.13. The Bertz CT molecular complexity index is 467. The van der Waals surface area contributed by atoms with E-state index >= 15 is 0 Å². The van der Waals surface area contributed by atoms with Crippen LogP contribution in [0.5, 0.6) is 0 Å². The number of benzene rings is 1. The average Bonchev–Trinajstić information content (AvgIpc) is 2.41. The monoisotopic (exact) mass is 268 g/mol. The van der Waals surface area contributed by atoms with Crippen LogP contribution in [0.4, 0.5) is 14.9 Å². The predicted molar refractivity (Wildman–Crippen MR) is 68.6 cm³/mol. The second kappa shape index (κ2) is 5.99. The Morgan fingerprint density at radius 1 is 1.63 bits per heavy atom. The van der Waals surface area contributed by atoms with Crippen LogP contribution >= 0.6 is 0 Å². The molecule has 1 saturated heterocycles. The molecule has 1 aliphatic heterocycles. The lowest BCUT2D eigenvalue weighted by Gasteiger charge is -2.34. The maximum atomic E-state index is 13.0. The SMILES string of the molecule is Cc1cc(F)ccc1NC(=O)N1CCOC[C@H]1CO. The van der Waals surface area contributed by atoms with E-state index in [2.05, 4.69) is 5.32 Å². The lowest BCUT2D eigenvalue weighted by Crippen LogP contribution is -2.52. The van der Waals surface area contributed by atoms with Gasteiger partial charge in [-0.25, -0.2) is 9.18 Å². The van der Waals surface area contributed by atoms with Crippen LogP contribution in [0.25, 0.3) is 0 Å². The van der Waals surface area contributed by atoms with Gasteiger partial charge in [0.1, 0.15) is 5.82 Å². The zero-order chi connectivity index (χ0) is 13.8. The molecule has 104 valence electrons. The first-order chi connectivity index (χ1) is 9.11. The molecule has 1 fully saturated rings. The summed E-state index contributed by atoms with van der Waals surface area (Å²) in [5.41, 5.74) is 1.22. The molecule has 5 nitrogen and oxygen atoms in total. The van der Waals surface area contributed by atoms with Crippen LogP contribution < -0.4 is 5.32 Å². The molecule has 0 bridgehead atoms. The van der Waals surface area contributed by atoms with Crippen molar-refractivity contribution in [3.63, 3.8) is 0 Å². The lowest BCUT2D eigenvalue weighted by molar-refractivity contribution is -0.00485. The Morgan fingerprint density at radius 3 is 3.11 bits per heavy atom. The molecule has 6 heteroatoms. The van der Waals surface area contributed by atoms with Crippen LogP contribution in [0.2, 0.25) is 0 Å². The summed E-state index contributed by atoms with van der Waals surface area (Å²) in [6, 6.07) is 3.53. The molecular weight excluding hydrogens is 251 g/mol. The first-order valence-electron chi connectivity index (χ1n) is 6.14. The summed E-state index contributed by atoms with van der Waals surface area (Å²) in [7, 11) is 0. The summed E-state index contributed by atoms with van der Waals surface area (Å²) >= 11 is 0. The topological polar surface area (TPSA) is 61.8 Å². The smallest absolute Gasteiger partial charge is 0.322 e. The highest BCUT2D eigenvalue weighted by atomic mass is 19.1. The first kappa shape index (κ1) is 13.8. The summed E-state index contributed by atoms with van der Waals surface area (Å²) in [4.78, 5) is 13.7. The summed E-state index contributed by atoms with van der Waals surface area (Å²) in [5.74, 6) is -0.338. The zero-order valence-electron chi connectivity index (χ0n) is 10.7. The minimum Gasteiger partial charge on any atom is -0.394 e. The van der Waals surface area contributed by atoms with E-state index in [4.69, 9.17) is 4.74 Å². The predicted octanol–water partition coefficient (Wildman–Crippen LogP) is 1.36. The fourth-order valence-electron chi connectivity index (χ4n) is 2.03. The molecule has 0 aromatic heterocycles. The van der Waals surface area contributed by atoms with Gasteiger partial charge in [0, 0.05) is 12.2 Å². The molecule has 1 atom stereocenters. The van der Waals surface area contributed by atoms with Crippen molar-refractivity contribution in [2.75, 3.05) is 31.7 Å². The van der Waals surface area contributed by atoms with Gasteiger partial charge in [-0.05, 0) is 30.7 Å². The number of anilines is 1. The molecule has 0 unspecified atom stereocenters. The lowest BCUT2D eigenvalue weighted by atomic mass is 10.2. The number of aliphatic hydroxyl groups excluding tert-OH is 1. The number of hydrogen-bond acceptors (Lipinski definition) is 3. The molecule has 1 aliphatic rings. The molecule has 0 saturated carbocycles. The maximum absolute atomic E-state index is 13.0. The van der Waals surface area contributed by atoms with Crippen molar-refractivity contribution >= 4 is 11.7 Å². The number of amides is 2. The molecule has 0 spiro atoms. The zero-order valence-corrected chi connectivity index (χ0v) is 10.7. The van der Waals surface area contributed by atoms with E-state index in [1.165, 1.54) is 23.1 Å². The molecule has 2 rings (SSSR count). The fourth-order valence-corrected chi connectivity index (χ4v) is 2.03. The van der Waals surface area contributed by atoms with Gasteiger partial charge in [-0.3, -0.25) is 0 Å². The van der Waals surface area contributed by atoms with Crippen LogP contribution in [0.15, 0.2) is 18.2 Å². The van der Waals surface area contributed by atoms with Crippen molar-refractivity contribution < 1.29 is 19.0 Å². The Labute approximate surface area is 111 Å². The van der Waals surface area contributed by atoms with Gasteiger partial charge in [0.2, 0.25) is 0 Å². The minimum atomic E-state index is -0.338.